The van der Waals surface area contributed by atoms with Crippen molar-refractivity contribution in [3.63, 3.8) is 0 Å². The standard InChI is InChI=1S/C27H24N2O4S/c1-3-29-25(30)24(34-27(29)28-22-8-5-7-21(16-22)26(31)32)15-20-6-4-9-23(14-20)33-17-19-12-10-18(2)11-13-19/h4-16H,3,17H2,1-2H3,(H,31,32)/b24-15-,28-27?. The van der Waals surface area contributed by atoms with E-state index < -0.39 is 5.97 Å². The van der Waals surface area contributed by atoms with Crippen LogP contribution in [0, 0.1) is 6.92 Å². The van der Waals surface area contributed by atoms with Crippen LogP contribution in [0.15, 0.2) is 82.7 Å². The minimum atomic E-state index is -1.02. The van der Waals surface area contributed by atoms with Crippen LogP contribution in [0.1, 0.15) is 34.0 Å². The molecule has 0 unspecified atom stereocenters. The average Bonchev–Trinajstić information content (AvgIpc) is 3.12. The number of carbonyl (C=O) groups excluding carboxylic acids is 1. The van der Waals surface area contributed by atoms with E-state index in [-0.39, 0.29) is 11.5 Å². The summed E-state index contributed by atoms with van der Waals surface area (Å²) in [6.07, 6.45) is 1.82. The molecule has 6 nitrogen and oxygen atoms in total. The van der Waals surface area contributed by atoms with Crippen molar-refractivity contribution in [3.05, 3.63) is 100.0 Å². The van der Waals surface area contributed by atoms with Gasteiger partial charge in [0, 0.05) is 6.54 Å². The molecule has 1 saturated heterocycles. The molecule has 1 aliphatic heterocycles. The Hall–Kier alpha value is -3.84. The molecule has 0 spiro atoms. The molecule has 0 atom stereocenters. The van der Waals surface area contributed by atoms with Crippen LogP contribution >= 0.6 is 11.8 Å². The Morgan fingerprint density at radius 1 is 1.09 bits per heavy atom. The van der Waals surface area contributed by atoms with Gasteiger partial charge in [0.1, 0.15) is 12.4 Å². The number of benzene rings is 3. The second-order valence-corrected chi connectivity index (χ2v) is 8.77. The van der Waals surface area contributed by atoms with Crippen LogP contribution in [0.5, 0.6) is 5.75 Å². The van der Waals surface area contributed by atoms with E-state index in [1.165, 1.54) is 29.5 Å². The monoisotopic (exact) mass is 472 g/mol. The third-order valence-corrected chi connectivity index (χ3v) is 6.21. The predicted molar refractivity (Wildman–Crippen MR) is 135 cm³/mol. The molecule has 4 rings (SSSR count). The average molecular weight is 473 g/mol. The number of carboxylic acid groups (broad SMARTS) is 1. The van der Waals surface area contributed by atoms with Gasteiger partial charge in [-0.2, -0.15) is 0 Å². The van der Waals surface area contributed by atoms with Gasteiger partial charge in [-0.25, -0.2) is 9.79 Å². The minimum Gasteiger partial charge on any atom is -0.489 e. The first-order valence-corrected chi connectivity index (χ1v) is 11.7. The van der Waals surface area contributed by atoms with Crippen molar-refractivity contribution in [2.45, 2.75) is 20.5 Å². The molecule has 0 radical (unpaired) electrons. The zero-order valence-electron chi connectivity index (χ0n) is 18.9. The van der Waals surface area contributed by atoms with Crippen LogP contribution in [0.2, 0.25) is 0 Å². The lowest BCUT2D eigenvalue weighted by Gasteiger charge is -2.12. The first-order chi connectivity index (χ1) is 16.4. The number of hydrogen-bond acceptors (Lipinski definition) is 5. The van der Waals surface area contributed by atoms with E-state index in [0.717, 1.165) is 16.9 Å². The maximum absolute atomic E-state index is 13.0. The van der Waals surface area contributed by atoms with Gasteiger partial charge in [-0.15, -0.1) is 0 Å². The van der Waals surface area contributed by atoms with E-state index in [1.807, 2.05) is 56.3 Å². The largest absolute Gasteiger partial charge is 0.489 e. The third-order valence-electron chi connectivity index (χ3n) is 5.20. The number of carbonyl (C=O) groups is 2. The van der Waals surface area contributed by atoms with E-state index >= 15 is 0 Å². The molecule has 3 aromatic rings. The number of rotatable bonds is 7. The summed E-state index contributed by atoms with van der Waals surface area (Å²) in [4.78, 5) is 30.9. The number of aromatic carboxylic acids is 1. The molecule has 0 aliphatic carbocycles. The van der Waals surface area contributed by atoms with Crippen molar-refractivity contribution in [2.24, 2.45) is 4.99 Å². The Kier molecular flexibility index (Phi) is 7.13. The van der Waals surface area contributed by atoms with Gasteiger partial charge in [-0.3, -0.25) is 9.69 Å². The Balaban J connectivity index is 1.53. The molecule has 0 aromatic heterocycles. The summed E-state index contributed by atoms with van der Waals surface area (Å²) in [7, 11) is 0. The summed E-state index contributed by atoms with van der Waals surface area (Å²) in [6, 6.07) is 22.2. The zero-order valence-corrected chi connectivity index (χ0v) is 19.7. The first kappa shape index (κ1) is 23.3. The maximum Gasteiger partial charge on any atom is 0.335 e. The lowest BCUT2D eigenvalue weighted by atomic mass is 10.1. The highest BCUT2D eigenvalue weighted by molar-refractivity contribution is 8.18. The number of amides is 1. The minimum absolute atomic E-state index is 0.133. The number of carboxylic acids is 1. The van der Waals surface area contributed by atoms with Crippen molar-refractivity contribution in [3.8, 4) is 5.75 Å². The Morgan fingerprint density at radius 2 is 1.85 bits per heavy atom. The van der Waals surface area contributed by atoms with Crippen molar-refractivity contribution in [1.82, 2.24) is 4.90 Å². The molecule has 0 bridgehead atoms. The number of thioether (sulfide) groups is 1. The van der Waals surface area contributed by atoms with Gasteiger partial charge in [0.15, 0.2) is 5.17 Å². The van der Waals surface area contributed by atoms with E-state index in [9.17, 15) is 14.7 Å². The number of amidine groups is 1. The number of aliphatic imine (C=N–C) groups is 1. The Morgan fingerprint density at radius 3 is 2.59 bits per heavy atom. The Bertz CT molecular complexity index is 1280. The van der Waals surface area contributed by atoms with Gasteiger partial charge in [-0.05, 0) is 73.1 Å². The van der Waals surface area contributed by atoms with Crippen LogP contribution < -0.4 is 4.74 Å². The Labute approximate surface area is 202 Å². The van der Waals surface area contributed by atoms with Crippen molar-refractivity contribution < 1.29 is 19.4 Å². The molecule has 3 aromatic carbocycles. The SMILES string of the molecule is CCN1C(=O)/C(=C/c2cccc(OCc3ccc(C)cc3)c2)SC1=Nc1cccc(C(=O)O)c1. The molecular weight excluding hydrogens is 448 g/mol. The molecular formula is C27H24N2O4S. The highest BCUT2D eigenvalue weighted by atomic mass is 32.2. The molecule has 1 heterocycles. The molecule has 1 amide bonds. The van der Waals surface area contributed by atoms with E-state index in [4.69, 9.17) is 4.74 Å². The summed E-state index contributed by atoms with van der Waals surface area (Å²) < 4.78 is 5.93. The molecule has 172 valence electrons. The lowest BCUT2D eigenvalue weighted by Crippen LogP contribution is -2.28. The summed E-state index contributed by atoms with van der Waals surface area (Å²) >= 11 is 1.27. The topological polar surface area (TPSA) is 79.2 Å². The summed E-state index contributed by atoms with van der Waals surface area (Å²) in [5, 5.41) is 9.74. The fourth-order valence-electron chi connectivity index (χ4n) is 3.39. The van der Waals surface area contributed by atoms with Crippen molar-refractivity contribution in [2.75, 3.05) is 6.54 Å². The second kappa shape index (κ2) is 10.4. The molecule has 1 aliphatic rings. The van der Waals surface area contributed by atoms with Crippen LogP contribution in [0.4, 0.5) is 5.69 Å². The lowest BCUT2D eigenvalue weighted by molar-refractivity contribution is -0.122. The molecule has 1 N–H and O–H groups in total. The van der Waals surface area contributed by atoms with Gasteiger partial charge >= 0.3 is 5.97 Å². The second-order valence-electron chi connectivity index (χ2n) is 7.76. The van der Waals surface area contributed by atoms with Crippen LogP contribution in [-0.4, -0.2) is 33.6 Å². The number of ether oxygens (including phenoxy) is 1. The van der Waals surface area contributed by atoms with Gasteiger partial charge in [-0.1, -0.05) is 48.0 Å². The molecule has 0 saturated carbocycles. The van der Waals surface area contributed by atoms with Gasteiger partial charge < -0.3 is 9.84 Å². The number of hydrogen-bond donors (Lipinski definition) is 1. The number of aryl methyl sites for hydroxylation is 1. The first-order valence-electron chi connectivity index (χ1n) is 10.8. The van der Waals surface area contributed by atoms with Crippen LogP contribution in [0.3, 0.4) is 0 Å². The van der Waals surface area contributed by atoms with Gasteiger partial charge in [0.25, 0.3) is 5.91 Å². The maximum atomic E-state index is 13.0. The predicted octanol–water partition coefficient (Wildman–Crippen LogP) is 5.90. The third kappa shape index (κ3) is 5.55. The quantitative estimate of drug-likeness (QED) is 0.433. The highest BCUT2D eigenvalue weighted by Gasteiger charge is 2.32. The van der Waals surface area contributed by atoms with E-state index in [2.05, 4.69) is 17.1 Å². The zero-order chi connectivity index (χ0) is 24.1. The van der Waals surface area contributed by atoms with Gasteiger partial charge in [0.05, 0.1) is 16.2 Å². The number of nitrogens with zero attached hydrogens (tertiary/aromatic N) is 2. The van der Waals surface area contributed by atoms with E-state index in [1.54, 1.807) is 17.0 Å². The smallest absolute Gasteiger partial charge is 0.335 e. The van der Waals surface area contributed by atoms with Crippen LogP contribution in [-0.2, 0) is 11.4 Å². The molecule has 1 fully saturated rings. The van der Waals surface area contributed by atoms with Crippen molar-refractivity contribution >= 4 is 40.6 Å². The summed E-state index contributed by atoms with van der Waals surface area (Å²) in [6.45, 7) is 4.85. The molecule has 7 heteroatoms. The fourth-order valence-corrected chi connectivity index (χ4v) is 4.45. The normalized spacial score (nSPS) is 15.8. The summed E-state index contributed by atoms with van der Waals surface area (Å²) in [5.74, 6) is -0.432. The fraction of sp³-hybridized carbons (Fsp3) is 0.148. The summed E-state index contributed by atoms with van der Waals surface area (Å²) in [5.41, 5.74) is 3.78. The number of likely N-dealkylation sites (N-methyl/N-ethyl adjacent to an activating group) is 1. The van der Waals surface area contributed by atoms with Crippen LogP contribution in [0.25, 0.3) is 6.08 Å². The van der Waals surface area contributed by atoms with Gasteiger partial charge in [0.2, 0.25) is 0 Å². The highest BCUT2D eigenvalue weighted by Crippen LogP contribution is 2.34. The van der Waals surface area contributed by atoms with E-state index in [0.29, 0.717) is 28.9 Å². The van der Waals surface area contributed by atoms with Crippen molar-refractivity contribution in [1.29, 1.82) is 0 Å². The molecule has 34 heavy (non-hydrogen) atoms.